The molecule has 1 N–H and O–H groups in total. The molecule has 4 unspecified atom stereocenters. The summed E-state index contributed by atoms with van der Waals surface area (Å²) in [6, 6.07) is 9.18. The first-order chi connectivity index (χ1) is 18.9. The summed E-state index contributed by atoms with van der Waals surface area (Å²) in [5, 5.41) is 13.8. The number of nitrogens with zero attached hydrogens (tertiary/aromatic N) is 4. The second-order valence-electron chi connectivity index (χ2n) is 12.7. The predicted octanol–water partition coefficient (Wildman–Crippen LogP) is 5.53. The van der Waals surface area contributed by atoms with Gasteiger partial charge in [0.1, 0.15) is 6.10 Å². The van der Waals surface area contributed by atoms with Gasteiger partial charge >= 0.3 is 5.97 Å². The Bertz CT molecular complexity index is 1280. The Hall–Kier alpha value is -2.74. The topological polar surface area (TPSA) is 97.0 Å². The first-order valence-corrected chi connectivity index (χ1v) is 15.1. The monoisotopic (exact) mass is 534 g/mol. The van der Waals surface area contributed by atoms with Gasteiger partial charge in [-0.25, -0.2) is 9.78 Å². The lowest BCUT2D eigenvalue weighted by Crippen LogP contribution is -2.58. The molecule has 3 heterocycles. The van der Waals surface area contributed by atoms with Crippen molar-refractivity contribution < 1.29 is 14.7 Å². The zero-order chi connectivity index (χ0) is 27.1. The van der Waals surface area contributed by atoms with Crippen molar-refractivity contribution in [2.75, 3.05) is 0 Å². The highest BCUT2D eigenvalue weighted by atomic mass is 16.6. The molecule has 2 aliphatic carbocycles. The van der Waals surface area contributed by atoms with Crippen LogP contribution in [0.4, 0.5) is 0 Å². The summed E-state index contributed by atoms with van der Waals surface area (Å²) in [7, 11) is 0. The van der Waals surface area contributed by atoms with Gasteiger partial charge in [-0.2, -0.15) is 0 Å². The van der Waals surface area contributed by atoms with Crippen molar-refractivity contribution in [2.24, 2.45) is 17.0 Å². The largest absolute Gasteiger partial charge is 0.476 e. The molecular formula is C31H42N4O4. The normalized spacial score (nSPS) is 31.7. The highest BCUT2D eigenvalue weighted by Crippen LogP contribution is 2.47. The Morgan fingerprint density at radius 3 is 2.23 bits per heavy atom. The summed E-state index contributed by atoms with van der Waals surface area (Å²) < 4.78 is 1.84. The van der Waals surface area contributed by atoms with Gasteiger partial charge in [0.25, 0.3) is 5.56 Å². The van der Waals surface area contributed by atoms with E-state index in [-0.39, 0.29) is 23.4 Å². The molecule has 1 aromatic heterocycles. The van der Waals surface area contributed by atoms with Crippen LogP contribution in [0.25, 0.3) is 11.0 Å². The second kappa shape index (κ2) is 11.0. The molecular weight excluding hydrogens is 492 g/mol. The van der Waals surface area contributed by atoms with Gasteiger partial charge in [-0.05, 0) is 82.8 Å². The predicted molar refractivity (Wildman–Crippen MR) is 151 cm³/mol. The number of aliphatic carboxylic acids is 1. The van der Waals surface area contributed by atoms with Crippen LogP contribution in [0.1, 0.15) is 103 Å². The molecule has 4 bridgehead atoms. The summed E-state index contributed by atoms with van der Waals surface area (Å²) in [5.74, 6) is 0.448. The smallest absolute Gasteiger partial charge is 0.360 e. The van der Waals surface area contributed by atoms with E-state index < -0.39 is 11.7 Å². The number of carboxylic acid groups (broad SMARTS) is 1. The lowest BCUT2D eigenvalue weighted by atomic mass is 9.73. The number of piperidine rings is 2. The van der Waals surface area contributed by atoms with Gasteiger partial charge in [-0.15, -0.1) is 0 Å². The fourth-order valence-corrected chi connectivity index (χ4v) is 8.32. The van der Waals surface area contributed by atoms with Crippen LogP contribution < -0.4 is 5.56 Å². The summed E-state index contributed by atoms with van der Waals surface area (Å²) in [4.78, 5) is 38.9. The lowest BCUT2D eigenvalue weighted by molar-refractivity contribution is -0.129. The van der Waals surface area contributed by atoms with E-state index >= 15 is 0 Å². The van der Waals surface area contributed by atoms with Crippen LogP contribution in [-0.4, -0.2) is 55.5 Å². The van der Waals surface area contributed by atoms with Gasteiger partial charge in [0, 0.05) is 24.2 Å². The number of carboxylic acids is 1. The van der Waals surface area contributed by atoms with E-state index in [0.717, 1.165) is 30.2 Å². The van der Waals surface area contributed by atoms with E-state index in [1.807, 2.05) is 28.8 Å². The summed E-state index contributed by atoms with van der Waals surface area (Å²) in [6.45, 7) is 3.53. The van der Waals surface area contributed by atoms with Gasteiger partial charge in [-0.1, -0.05) is 49.4 Å². The Balaban J connectivity index is 1.36. The first-order valence-electron chi connectivity index (χ1n) is 15.1. The van der Waals surface area contributed by atoms with E-state index in [2.05, 4.69) is 15.0 Å². The lowest BCUT2D eigenvalue weighted by Gasteiger charge is -2.54. The minimum absolute atomic E-state index is 0.00244. The fraction of sp³-hybridized carbons (Fsp3) is 0.677. The number of aromatic nitrogens is 2. The Morgan fingerprint density at radius 2 is 1.59 bits per heavy atom. The van der Waals surface area contributed by atoms with Crippen LogP contribution in [0, 0.1) is 11.8 Å². The molecule has 8 nitrogen and oxygen atoms in total. The SMILES string of the molecule is CC(C)O/N=C(/C(=O)O)c1nc2ccccc2n(C2CC3CCC[C@H](C2)N3C2CC3CCCCC(C3)C2)c1=O. The van der Waals surface area contributed by atoms with Crippen LogP contribution in [0.2, 0.25) is 0 Å². The maximum Gasteiger partial charge on any atom is 0.360 e. The zero-order valence-electron chi connectivity index (χ0n) is 23.3. The molecule has 0 radical (unpaired) electrons. The van der Waals surface area contributed by atoms with Gasteiger partial charge < -0.3 is 14.5 Å². The highest BCUT2D eigenvalue weighted by Gasteiger charge is 2.45. The third kappa shape index (κ3) is 5.24. The molecule has 5 atom stereocenters. The van der Waals surface area contributed by atoms with Gasteiger partial charge in [0.05, 0.1) is 11.0 Å². The molecule has 2 aromatic rings. The van der Waals surface area contributed by atoms with Crippen LogP contribution in [0.15, 0.2) is 34.2 Å². The summed E-state index contributed by atoms with van der Waals surface area (Å²) in [5.41, 5.74) is 0.402. The fourth-order valence-electron chi connectivity index (χ4n) is 8.32. The highest BCUT2D eigenvalue weighted by molar-refractivity contribution is 6.41. The van der Waals surface area contributed by atoms with Gasteiger partial charge in [-0.3, -0.25) is 9.69 Å². The van der Waals surface area contributed by atoms with E-state index in [9.17, 15) is 14.7 Å². The van der Waals surface area contributed by atoms with Crippen molar-refractivity contribution in [2.45, 2.75) is 121 Å². The third-order valence-electron chi connectivity index (χ3n) is 9.72. The molecule has 0 amide bonds. The molecule has 8 heteroatoms. The standard InChI is InChI=1S/C31H42N4O4/c1-19(2)39-33-29(31(37)38)28-30(36)35(27-13-6-5-12-26(27)32-28)25-17-22-10-7-11-23(18-25)34(22)24-15-20-8-3-4-9-21(14-20)16-24/h5-6,12-13,19-25H,3-4,7-11,14-18H2,1-2H3,(H,37,38)/b33-29+/t20?,21?,22-,23?,24?,25?/m1/s1. The molecule has 210 valence electrons. The molecule has 39 heavy (non-hydrogen) atoms. The van der Waals surface area contributed by atoms with Crippen LogP contribution in [0.5, 0.6) is 0 Å². The summed E-state index contributed by atoms with van der Waals surface area (Å²) in [6.07, 6.45) is 14.8. The van der Waals surface area contributed by atoms with E-state index in [4.69, 9.17) is 4.84 Å². The number of hydrogen-bond acceptors (Lipinski definition) is 6. The number of carbonyl (C=O) groups is 1. The van der Waals surface area contributed by atoms with Gasteiger partial charge in [0.15, 0.2) is 5.69 Å². The van der Waals surface area contributed by atoms with Crippen molar-refractivity contribution >= 4 is 22.7 Å². The first kappa shape index (κ1) is 26.5. The van der Waals surface area contributed by atoms with Crippen LogP contribution in [0.3, 0.4) is 0 Å². The van der Waals surface area contributed by atoms with Crippen LogP contribution >= 0.6 is 0 Å². The number of benzene rings is 1. The molecule has 0 spiro atoms. The Labute approximate surface area is 230 Å². The molecule has 2 saturated heterocycles. The average Bonchev–Trinajstić information content (AvgIpc) is 3.07. The minimum atomic E-state index is -1.31. The van der Waals surface area contributed by atoms with E-state index in [1.54, 1.807) is 13.8 Å². The number of rotatable bonds is 6. The molecule has 2 aliphatic heterocycles. The van der Waals surface area contributed by atoms with Crippen molar-refractivity contribution in [3.63, 3.8) is 0 Å². The molecule has 4 fully saturated rings. The molecule has 6 rings (SSSR count). The number of hydrogen-bond donors (Lipinski definition) is 1. The number of fused-ring (bicyclic) bond motifs is 5. The summed E-state index contributed by atoms with van der Waals surface area (Å²) >= 11 is 0. The maximum atomic E-state index is 14.0. The zero-order valence-corrected chi connectivity index (χ0v) is 23.3. The van der Waals surface area contributed by atoms with Crippen molar-refractivity contribution in [1.29, 1.82) is 0 Å². The minimum Gasteiger partial charge on any atom is -0.476 e. The van der Waals surface area contributed by atoms with Crippen molar-refractivity contribution in [3.8, 4) is 0 Å². The molecule has 1 aromatic carbocycles. The Kier molecular flexibility index (Phi) is 7.49. The number of para-hydroxylation sites is 2. The van der Waals surface area contributed by atoms with Crippen LogP contribution in [-0.2, 0) is 9.63 Å². The quantitative estimate of drug-likeness (QED) is 0.387. The van der Waals surface area contributed by atoms with Gasteiger partial charge in [0.2, 0.25) is 5.71 Å². The molecule has 4 aliphatic rings. The van der Waals surface area contributed by atoms with E-state index in [1.165, 1.54) is 64.2 Å². The Morgan fingerprint density at radius 1 is 0.923 bits per heavy atom. The van der Waals surface area contributed by atoms with Crippen molar-refractivity contribution in [1.82, 2.24) is 14.5 Å². The second-order valence-corrected chi connectivity index (χ2v) is 12.7. The van der Waals surface area contributed by atoms with Crippen molar-refractivity contribution in [3.05, 3.63) is 40.3 Å². The molecule has 2 saturated carbocycles. The average molecular weight is 535 g/mol. The third-order valence-corrected chi connectivity index (χ3v) is 9.72. The maximum absolute atomic E-state index is 14.0. The van der Waals surface area contributed by atoms with E-state index in [0.29, 0.717) is 23.6 Å². The number of oxime groups is 1.